The van der Waals surface area contributed by atoms with E-state index >= 15 is 0 Å². The highest BCUT2D eigenvalue weighted by Crippen LogP contribution is 2.20. The molecule has 4 N–H and O–H groups in total. The maximum absolute atomic E-state index is 9.31. The molecule has 3 heteroatoms. The Kier molecular flexibility index (Phi) is 2.68. The summed E-state index contributed by atoms with van der Waals surface area (Å²) >= 11 is 0. The van der Waals surface area contributed by atoms with E-state index in [1.807, 2.05) is 6.92 Å². The van der Waals surface area contributed by atoms with Gasteiger partial charge in [0.05, 0.1) is 12.6 Å². The smallest absolute Gasteiger partial charge is 0.118 e. The second-order valence-corrected chi connectivity index (χ2v) is 2.83. The van der Waals surface area contributed by atoms with Gasteiger partial charge in [-0.1, -0.05) is 12.1 Å². The van der Waals surface area contributed by atoms with Gasteiger partial charge >= 0.3 is 0 Å². The van der Waals surface area contributed by atoms with Crippen LogP contribution in [0, 0.1) is 6.92 Å². The lowest BCUT2D eigenvalue weighted by Crippen LogP contribution is -2.14. The topological polar surface area (TPSA) is 66.5 Å². The third-order valence-electron chi connectivity index (χ3n) is 1.86. The molecule has 0 heterocycles. The van der Waals surface area contributed by atoms with Crippen LogP contribution in [0.3, 0.4) is 0 Å². The first kappa shape index (κ1) is 9.03. The van der Waals surface area contributed by atoms with Gasteiger partial charge in [-0.2, -0.15) is 0 Å². The Bertz CT molecular complexity index is 273. The molecule has 3 nitrogen and oxygen atoms in total. The van der Waals surface area contributed by atoms with Gasteiger partial charge in [0.15, 0.2) is 0 Å². The zero-order valence-corrected chi connectivity index (χ0v) is 6.99. The number of aryl methyl sites for hydroxylation is 1. The molecule has 0 saturated carbocycles. The van der Waals surface area contributed by atoms with Gasteiger partial charge in [-0.15, -0.1) is 0 Å². The van der Waals surface area contributed by atoms with Crippen molar-refractivity contribution in [3.8, 4) is 5.75 Å². The third-order valence-corrected chi connectivity index (χ3v) is 1.86. The summed E-state index contributed by atoms with van der Waals surface area (Å²) in [6, 6.07) is 4.75. The van der Waals surface area contributed by atoms with Crippen molar-refractivity contribution in [3.63, 3.8) is 0 Å². The van der Waals surface area contributed by atoms with Crippen molar-refractivity contribution in [2.24, 2.45) is 5.73 Å². The molecule has 1 atom stereocenters. The van der Waals surface area contributed by atoms with Crippen molar-refractivity contribution in [1.82, 2.24) is 0 Å². The minimum atomic E-state index is -0.406. The first-order chi connectivity index (χ1) is 5.65. The molecule has 12 heavy (non-hydrogen) atoms. The van der Waals surface area contributed by atoms with Crippen LogP contribution in [-0.4, -0.2) is 16.8 Å². The number of aliphatic hydroxyl groups excluding tert-OH is 1. The lowest BCUT2D eigenvalue weighted by atomic mass is 10.1. The zero-order chi connectivity index (χ0) is 9.14. The van der Waals surface area contributed by atoms with Crippen LogP contribution >= 0.6 is 0 Å². The van der Waals surface area contributed by atoms with Crippen LogP contribution in [0.15, 0.2) is 18.2 Å². The number of rotatable bonds is 2. The molecular weight excluding hydrogens is 154 g/mol. The first-order valence-corrected chi connectivity index (χ1v) is 3.81. The molecule has 0 unspecified atom stereocenters. The average molecular weight is 167 g/mol. The van der Waals surface area contributed by atoms with Crippen molar-refractivity contribution in [2.45, 2.75) is 13.0 Å². The molecule has 0 spiro atoms. The Morgan fingerprint density at radius 3 is 2.67 bits per heavy atom. The van der Waals surface area contributed by atoms with Gasteiger partial charge in [0.25, 0.3) is 0 Å². The SMILES string of the molecule is Cc1ccc([C@H](N)CO)cc1O. The van der Waals surface area contributed by atoms with Gasteiger partial charge < -0.3 is 15.9 Å². The van der Waals surface area contributed by atoms with Gasteiger partial charge in [-0.3, -0.25) is 0 Å². The van der Waals surface area contributed by atoms with E-state index in [1.165, 1.54) is 0 Å². The van der Waals surface area contributed by atoms with Crippen molar-refractivity contribution in [3.05, 3.63) is 29.3 Å². The maximum Gasteiger partial charge on any atom is 0.118 e. The standard InChI is InChI=1S/C9H13NO2/c1-6-2-3-7(4-9(6)12)8(10)5-11/h2-4,8,11-12H,5,10H2,1H3/t8-/m1/s1. The summed E-state index contributed by atoms with van der Waals surface area (Å²) in [4.78, 5) is 0. The fourth-order valence-corrected chi connectivity index (χ4v) is 0.962. The summed E-state index contributed by atoms with van der Waals surface area (Å²) in [6.45, 7) is 1.70. The van der Waals surface area contributed by atoms with E-state index in [9.17, 15) is 5.11 Å². The molecule has 1 rings (SSSR count). The third kappa shape index (κ3) is 1.75. The summed E-state index contributed by atoms with van der Waals surface area (Å²) < 4.78 is 0. The van der Waals surface area contributed by atoms with Gasteiger partial charge in [-0.25, -0.2) is 0 Å². The molecular formula is C9H13NO2. The van der Waals surface area contributed by atoms with Crippen LogP contribution < -0.4 is 5.73 Å². The Morgan fingerprint density at radius 1 is 1.50 bits per heavy atom. The number of phenols is 1. The molecule has 1 aromatic rings. The summed E-state index contributed by atoms with van der Waals surface area (Å²) in [5.74, 6) is 0.219. The molecule has 0 aliphatic carbocycles. The highest BCUT2D eigenvalue weighted by molar-refractivity contribution is 5.36. The van der Waals surface area contributed by atoms with Gasteiger partial charge in [0.1, 0.15) is 5.75 Å². The highest BCUT2D eigenvalue weighted by Gasteiger charge is 2.05. The molecule has 0 radical (unpaired) electrons. The van der Waals surface area contributed by atoms with Crippen molar-refractivity contribution in [1.29, 1.82) is 0 Å². The van der Waals surface area contributed by atoms with E-state index in [2.05, 4.69) is 0 Å². The first-order valence-electron chi connectivity index (χ1n) is 3.81. The average Bonchev–Trinajstić information content (AvgIpc) is 2.08. The second kappa shape index (κ2) is 3.56. The molecule has 0 aromatic heterocycles. The Labute approximate surface area is 71.5 Å². The Morgan fingerprint density at radius 2 is 2.17 bits per heavy atom. The van der Waals surface area contributed by atoms with Gasteiger partial charge in [-0.05, 0) is 24.1 Å². The molecule has 0 aliphatic rings. The maximum atomic E-state index is 9.31. The number of phenolic OH excluding ortho intramolecular Hbond substituents is 1. The zero-order valence-electron chi connectivity index (χ0n) is 6.99. The molecule has 1 aromatic carbocycles. The van der Waals surface area contributed by atoms with Crippen LogP contribution in [0.5, 0.6) is 5.75 Å². The number of benzene rings is 1. The van der Waals surface area contributed by atoms with Crippen LogP contribution in [0.4, 0.5) is 0 Å². The fourth-order valence-electron chi connectivity index (χ4n) is 0.962. The number of hydrogen-bond donors (Lipinski definition) is 3. The largest absolute Gasteiger partial charge is 0.508 e. The summed E-state index contributed by atoms with van der Waals surface area (Å²) in [5, 5.41) is 18.0. The van der Waals surface area contributed by atoms with E-state index in [4.69, 9.17) is 10.8 Å². The number of aromatic hydroxyl groups is 1. The van der Waals surface area contributed by atoms with Crippen LogP contribution in [-0.2, 0) is 0 Å². The monoisotopic (exact) mass is 167 g/mol. The van der Waals surface area contributed by atoms with Crippen LogP contribution in [0.2, 0.25) is 0 Å². The van der Waals surface area contributed by atoms with Crippen molar-refractivity contribution in [2.75, 3.05) is 6.61 Å². The summed E-state index contributed by atoms with van der Waals surface area (Å²) in [7, 11) is 0. The van der Waals surface area contributed by atoms with Crippen LogP contribution in [0.1, 0.15) is 17.2 Å². The predicted molar refractivity (Wildman–Crippen MR) is 46.9 cm³/mol. The lowest BCUT2D eigenvalue weighted by Gasteiger charge is -2.09. The predicted octanol–water partition coefficient (Wildman–Crippen LogP) is 0.693. The molecule has 0 aliphatic heterocycles. The molecule has 66 valence electrons. The minimum absolute atomic E-state index is 0.109. The van der Waals surface area contributed by atoms with Crippen LogP contribution in [0.25, 0.3) is 0 Å². The van der Waals surface area contributed by atoms with E-state index in [1.54, 1.807) is 18.2 Å². The number of hydrogen-bond acceptors (Lipinski definition) is 3. The van der Waals surface area contributed by atoms with Gasteiger partial charge in [0, 0.05) is 0 Å². The second-order valence-electron chi connectivity index (χ2n) is 2.83. The van der Waals surface area contributed by atoms with E-state index < -0.39 is 6.04 Å². The minimum Gasteiger partial charge on any atom is -0.508 e. The summed E-state index contributed by atoms with van der Waals surface area (Å²) in [6.07, 6.45) is 0. The highest BCUT2D eigenvalue weighted by atomic mass is 16.3. The Balaban J connectivity index is 2.96. The van der Waals surface area contributed by atoms with Crippen molar-refractivity contribution >= 4 is 0 Å². The summed E-state index contributed by atoms with van der Waals surface area (Å²) in [5.41, 5.74) is 7.11. The molecule has 0 bridgehead atoms. The Hall–Kier alpha value is -1.06. The molecule has 0 saturated heterocycles. The quantitative estimate of drug-likeness (QED) is 0.607. The lowest BCUT2D eigenvalue weighted by molar-refractivity contribution is 0.268. The van der Waals surface area contributed by atoms with Gasteiger partial charge in [0.2, 0.25) is 0 Å². The van der Waals surface area contributed by atoms with E-state index in [-0.39, 0.29) is 12.4 Å². The number of nitrogens with two attached hydrogens (primary N) is 1. The van der Waals surface area contributed by atoms with Crippen molar-refractivity contribution < 1.29 is 10.2 Å². The fraction of sp³-hybridized carbons (Fsp3) is 0.333. The molecule has 0 amide bonds. The number of aliphatic hydroxyl groups is 1. The van der Waals surface area contributed by atoms with E-state index in [0.29, 0.717) is 0 Å². The van der Waals surface area contributed by atoms with E-state index in [0.717, 1.165) is 11.1 Å². The molecule has 0 fully saturated rings. The normalized spacial score (nSPS) is 12.9.